The van der Waals surface area contributed by atoms with E-state index in [-0.39, 0.29) is 5.92 Å². The zero-order valence-electron chi connectivity index (χ0n) is 10.4. The Morgan fingerprint density at radius 3 is 1.82 bits per heavy atom. The van der Waals surface area contributed by atoms with Crippen LogP contribution in [-0.4, -0.2) is 47.8 Å². The van der Waals surface area contributed by atoms with Gasteiger partial charge < -0.3 is 9.80 Å². The van der Waals surface area contributed by atoms with Gasteiger partial charge in [0, 0.05) is 38.0 Å². The summed E-state index contributed by atoms with van der Waals surface area (Å²) in [6.45, 7) is 5.08. The van der Waals surface area contributed by atoms with Gasteiger partial charge in [-0.05, 0) is 25.2 Å². The molecule has 2 amide bonds. The Labute approximate surface area is 102 Å². The molecule has 3 aliphatic rings. The zero-order valence-corrected chi connectivity index (χ0v) is 10.4. The normalized spacial score (nSPS) is 32.5. The van der Waals surface area contributed by atoms with Crippen LogP contribution in [0.5, 0.6) is 0 Å². The molecular weight excluding hydrogens is 216 g/mol. The van der Waals surface area contributed by atoms with Crippen molar-refractivity contribution in [3.8, 4) is 0 Å². The number of hydrogen-bond donors (Lipinski definition) is 0. The monoisotopic (exact) mass is 236 g/mol. The lowest BCUT2D eigenvalue weighted by atomic mass is 10.2. The summed E-state index contributed by atoms with van der Waals surface area (Å²) < 4.78 is 0. The molecule has 0 N–H and O–H groups in total. The Morgan fingerprint density at radius 1 is 0.941 bits per heavy atom. The van der Waals surface area contributed by atoms with E-state index < -0.39 is 0 Å². The molecule has 94 valence electrons. The van der Waals surface area contributed by atoms with Crippen molar-refractivity contribution in [1.82, 2.24) is 9.80 Å². The summed E-state index contributed by atoms with van der Waals surface area (Å²) in [6, 6.07) is 0. The number of amides is 2. The summed E-state index contributed by atoms with van der Waals surface area (Å²) in [6.07, 6.45) is 3.19. The van der Waals surface area contributed by atoms with Crippen LogP contribution in [0.3, 0.4) is 0 Å². The Bertz CT molecular complexity index is 343. The number of rotatable bonds is 2. The van der Waals surface area contributed by atoms with Gasteiger partial charge in [-0.3, -0.25) is 9.59 Å². The molecule has 0 aromatic heterocycles. The molecule has 3 rings (SSSR count). The van der Waals surface area contributed by atoms with E-state index in [2.05, 4.69) is 6.92 Å². The average molecular weight is 236 g/mol. The highest BCUT2D eigenvalue weighted by molar-refractivity contribution is 5.83. The van der Waals surface area contributed by atoms with Gasteiger partial charge in [-0.25, -0.2) is 0 Å². The topological polar surface area (TPSA) is 40.6 Å². The highest BCUT2D eigenvalue weighted by Gasteiger charge is 2.42. The number of carbonyl (C=O) groups excluding carboxylic acids is 2. The van der Waals surface area contributed by atoms with Crippen LogP contribution >= 0.6 is 0 Å². The molecule has 1 aliphatic heterocycles. The summed E-state index contributed by atoms with van der Waals surface area (Å²) in [4.78, 5) is 27.8. The van der Waals surface area contributed by atoms with Crippen molar-refractivity contribution in [1.29, 1.82) is 0 Å². The van der Waals surface area contributed by atoms with Gasteiger partial charge in [0.2, 0.25) is 11.8 Å². The minimum absolute atomic E-state index is 0.278. The second kappa shape index (κ2) is 4.00. The van der Waals surface area contributed by atoms with Crippen molar-refractivity contribution in [2.24, 2.45) is 17.8 Å². The van der Waals surface area contributed by atoms with Crippen LogP contribution in [0, 0.1) is 17.8 Å². The third-order valence-electron chi connectivity index (χ3n) is 4.26. The molecule has 0 aromatic rings. The summed E-state index contributed by atoms with van der Waals surface area (Å²) in [7, 11) is 0. The lowest BCUT2D eigenvalue weighted by Gasteiger charge is -2.35. The number of hydrogen-bond acceptors (Lipinski definition) is 2. The summed E-state index contributed by atoms with van der Waals surface area (Å²) >= 11 is 0. The quantitative estimate of drug-likeness (QED) is 0.709. The molecule has 4 nitrogen and oxygen atoms in total. The second-order valence-electron chi connectivity index (χ2n) is 5.74. The molecule has 2 atom stereocenters. The van der Waals surface area contributed by atoms with Gasteiger partial charge in [-0.15, -0.1) is 0 Å². The van der Waals surface area contributed by atoms with Gasteiger partial charge >= 0.3 is 0 Å². The maximum atomic E-state index is 12.0. The van der Waals surface area contributed by atoms with Gasteiger partial charge in [-0.1, -0.05) is 6.92 Å². The van der Waals surface area contributed by atoms with Crippen molar-refractivity contribution in [2.75, 3.05) is 26.2 Å². The fraction of sp³-hybridized carbons (Fsp3) is 0.846. The highest BCUT2D eigenvalue weighted by atomic mass is 16.2. The fourth-order valence-corrected chi connectivity index (χ4v) is 2.64. The van der Waals surface area contributed by atoms with Gasteiger partial charge in [0.05, 0.1) is 0 Å². The molecule has 17 heavy (non-hydrogen) atoms. The molecule has 2 saturated carbocycles. The first-order valence-corrected chi connectivity index (χ1v) is 6.74. The van der Waals surface area contributed by atoms with Gasteiger partial charge in [0.1, 0.15) is 0 Å². The largest absolute Gasteiger partial charge is 0.339 e. The first-order chi connectivity index (χ1) is 8.16. The minimum Gasteiger partial charge on any atom is -0.339 e. The Morgan fingerprint density at radius 2 is 1.41 bits per heavy atom. The van der Waals surface area contributed by atoms with Crippen molar-refractivity contribution < 1.29 is 9.59 Å². The van der Waals surface area contributed by atoms with E-state index in [0.29, 0.717) is 23.7 Å². The zero-order chi connectivity index (χ0) is 12.0. The van der Waals surface area contributed by atoms with Crippen molar-refractivity contribution in [3.05, 3.63) is 0 Å². The highest BCUT2D eigenvalue weighted by Crippen LogP contribution is 2.39. The van der Waals surface area contributed by atoms with Crippen molar-refractivity contribution >= 4 is 11.8 Å². The summed E-state index contributed by atoms with van der Waals surface area (Å²) in [5, 5.41) is 0. The lowest BCUT2D eigenvalue weighted by Crippen LogP contribution is -2.51. The molecule has 0 bridgehead atoms. The number of carbonyl (C=O) groups is 2. The second-order valence-corrected chi connectivity index (χ2v) is 5.74. The molecule has 2 aliphatic carbocycles. The maximum absolute atomic E-state index is 12.0. The van der Waals surface area contributed by atoms with Gasteiger partial charge in [-0.2, -0.15) is 0 Å². The van der Waals surface area contributed by atoms with E-state index in [0.717, 1.165) is 45.4 Å². The van der Waals surface area contributed by atoms with E-state index in [4.69, 9.17) is 0 Å². The SMILES string of the molecule is CC1CC1C(=O)N1CCN(C(=O)C2CC2)CC1. The van der Waals surface area contributed by atoms with E-state index >= 15 is 0 Å². The first kappa shape index (κ1) is 11.1. The van der Waals surface area contributed by atoms with E-state index in [1.807, 2.05) is 9.80 Å². The van der Waals surface area contributed by atoms with Crippen LogP contribution in [0.15, 0.2) is 0 Å². The van der Waals surface area contributed by atoms with E-state index in [1.54, 1.807) is 0 Å². The third kappa shape index (κ3) is 2.17. The molecule has 2 unspecified atom stereocenters. The van der Waals surface area contributed by atoms with Crippen LogP contribution in [0.2, 0.25) is 0 Å². The lowest BCUT2D eigenvalue weighted by molar-refractivity contribution is -0.141. The summed E-state index contributed by atoms with van der Waals surface area (Å²) in [5.41, 5.74) is 0. The first-order valence-electron chi connectivity index (χ1n) is 6.74. The van der Waals surface area contributed by atoms with E-state index in [9.17, 15) is 9.59 Å². The van der Waals surface area contributed by atoms with E-state index in [1.165, 1.54) is 0 Å². The molecular formula is C13H20N2O2. The molecule has 4 heteroatoms. The fourth-order valence-electron chi connectivity index (χ4n) is 2.64. The average Bonchev–Trinajstić information content (AvgIpc) is 3.22. The maximum Gasteiger partial charge on any atom is 0.226 e. The Hall–Kier alpha value is -1.06. The summed E-state index contributed by atoms with van der Waals surface area (Å²) in [5.74, 6) is 1.79. The smallest absolute Gasteiger partial charge is 0.226 e. The number of nitrogens with zero attached hydrogens (tertiary/aromatic N) is 2. The predicted molar refractivity (Wildman–Crippen MR) is 63.2 cm³/mol. The molecule has 1 heterocycles. The third-order valence-corrected chi connectivity index (χ3v) is 4.26. The van der Waals surface area contributed by atoms with Gasteiger partial charge in [0.25, 0.3) is 0 Å². The van der Waals surface area contributed by atoms with Crippen molar-refractivity contribution in [2.45, 2.75) is 26.2 Å². The Kier molecular flexibility index (Phi) is 2.60. The molecule has 0 aromatic carbocycles. The number of piperazine rings is 1. The van der Waals surface area contributed by atoms with Crippen LogP contribution in [0.4, 0.5) is 0 Å². The standard InChI is InChI=1S/C13H20N2O2/c1-9-8-11(9)13(17)15-6-4-14(5-7-15)12(16)10-2-3-10/h9-11H,2-8H2,1H3. The van der Waals surface area contributed by atoms with Crippen LogP contribution in [-0.2, 0) is 9.59 Å². The minimum atomic E-state index is 0.278. The van der Waals surface area contributed by atoms with Crippen molar-refractivity contribution in [3.63, 3.8) is 0 Å². The van der Waals surface area contributed by atoms with Crippen LogP contribution in [0.25, 0.3) is 0 Å². The van der Waals surface area contributed by atoms with Gasteiger partial charge in [0.15, 0.2) is 0 Å². The molecule has 1 saturated heterocycles. The molecule has 3 fully saturated rings. The Balaban J connectivity index is 1.50. The predicted octanol–water partition coefficient (Wildman–Crippen LogP) is 0.723. The molecule has 0 spiro atoms. The van der Waals surface area contributed by atoms with Crippen LogP contribution < -0.4 is 0 Å². The molecule has 0 radical (unpaired) electrons. The van der Waals surface area contributed by atoms with Crippen LogP contribution in [0.1, 0.15) is 26.2 Å².